The molecule has 2 rings (SSSR count). The Hall–Kier alpha value is -2.37. The van der Waals surface area contributed by atoms with Crippen molar-refractivity contribution in [3.8, 4) is 5.82 Å². The summed E-state index contributed by atoms with van der Waals surface area (Å²) in [4.78, 5) is 14.8. The zero-order valence-corrected chi connectivity index (χ0v) is 9.51. The van der Waals surface area contributed by atoms with E-state index < -0.39 is 5.97 Å². The Morgan fingerprint density at radius 1 is 1.41 bits per heavy atom. The highest BCUT2D eigenvalue weighted by Crippen LogP contribution is 2.17. The largest absolute Gasteiger partial charge is 0.477 e. The molecule has 17 heavy (non-hydrogen) atoms. The highest BCUT2D eigenvalue weighted by molar-refractivity contribution is 5.86. The Balaban J connectivity index is 2.62. The van der Waals surface area contributed by atoms with E-state index in [0.717, 1.165) is 11.4 Å². The molecule has 0 amide bonds. The number of aromatic carboxylic acids is 1. The van der Waals surface area contributed by atoms with Gasteiger partial charge in [-0.1, -0.05) is 0 Å². The average Bonchev–Trinajstić information content (AvgIpc) is 2.58. The SMILES string of the molecule is Cc1cc(C)n(-c2nc(C(=O)O)ccc2N)n1. The highest BCUT2D eigenvalue weighted by atomic mass is 16.4. The molecule has 2 aromatic rings. The number of hydrogen-bond acceptors (Lipinski definition) is 4. The lowest BCUT2D eigenvalue weighted by atomic mass is 10.3. The van der Waals surface area contributed by atoms with E-state index in [4.69, 9.17) is 10.8 Å². The van der Waals surface area contributed by atoms with Crippen LogP contribution in [0, 0.1) is 13.8 Å². The van der Waals surface area contributed by atoms with E-state index in [0.29, 0.717) is 11.5 Å². The van der Waals surface area contributed by atoms with Gasteiger partial charge in [-0.05, 0) is 32.0 Å². The average molecular weight is 232 g/mol. The predicted molar refractivity (Wildman–Crippen MR) is 62.2 cm³/mol. The molecule has 0 aliphatic heterocycles. The van der Waals surface area contributed by atoms with Crippen LogP contribution in [0.15, 0.2) is 18.2 Å². The molecule has 6 heteroatoms. The number of carboxylic acids is 1. The van der Waals surface area contributed by atoms with Crippen LogP contribution in [-0.2, 0) is 0 Å². The molecule has 88 valence electrons. The summed E-state index contributed by atoms with van der Waals surface area (Å²) in [6, 6.07) is 4.75. The topological polar surface area (TPSA) is 94.0 Å². The maximum absolute atomic E-state index is 10.9. The van der Waals surface area contributed by atoms with Crippen molar-refractivity contribution >= 4 is 11.7 Å². The molecule has 0 bridgehead atoms. The van der Waals surface area contributed by atoms with Gasteiger partial charge in [0.25, 0.3) is 0 Å². The lowest BCUT2D eigenvalue weighted by molar-refractivity contribution is 0.0690. The number of aryl methyl sites for hydroxylation is 2. The second-order valence-electron chi connectivity index (χ2n) is 3.75. The summed E-state index contributed by atoms with van der Waals surface area (Å²) in [5, 5.41) is 13.1. The van der Waals surface area contributed by atoms with Crippen LogP contribution in [0.25, 0.3) is 5.82 Å². The number of rotatable bonds is 2. The number of nitrogen functional groups attached to an aromatic ring is 1. The van der Waals surface area contributed by atoms with E-state index in [2.05, 4.69) is 10.1 Å². The molecule has 0 saturated heterocycles. The monoisotopic (exact) mass is 232 g/mol. The standard InChI is InChI=1S/C11H12N4O2/c1-6-5-7(2)15(14-6)10-8(12)3-4-9(13-10)11(16)17/h3-5H,12H2,1-2H3,(H,16,17). The van der Waals surface area contributed by atoms with Crippen molar-refractivity contribution in [2.45, 2.75) is 13.8 Å². The molecule has 0 aliphatic rings. The van der Waals surface area contributed by atoms with Crippen LogP contribution in [-0.4, -0.2) is 25.8 Å². The molecular formula is C11H12N4O2. The van der Waals surface area contributed by atoms with Crippen LogP contribution in [0.1, 0.15) is 21.9 Å². The van der Waals surface area contributed by atoms with E-state index in [9.17, 15) is 4.79 Å². The number of pyridine rings is 1. The number of aromatic nitrogens is 3. The normalized spacial score (nSPS) is 10.5. The van der Waals surface area contributed by atoms with Gasteiger partial charge < -0.3 is 10.8 Å². The summed E-state index contributed by atoms with van der Waals surface area (Å²) in [6.07, 6.45) is 0. The second kappa shape index (κ2) is 3.89. The van der Waals surface area contributed by atoms with Gasteiger partial charge in [-0.25, -0.2) is 14.5 Å². The number of carboxylic acid groups (broad SMARTS) is 1. The smallest absolute Gasteiger partial charge is 0.354 e. The zero-order valence-electron chi connectivity index (χ0n) is 9.51. The summed E-state index contributed by atoms with van der Waals surface area (Å²) < 4.78 is 1.54. The zero-order chi connectivity index (χ0) is 12.6. The van der Waals surface area contributed by atoms with Gasteiger partial charge >= 0.3 is 5.97 Å². The maximum Gasteiger partial charge on any atom is 0.354 e. The van der Waals surface area contributed by atoms with Crippen LogP contribution in [0.3, 0.4) is 0 Å². The predicted octanol–water partition coefficient (Wildman–Crippen LogP) is 1.16. The minimum Gasteiger partial charge on any atom is -0.477 e. The van der Waals surface area contributed by atoms with E-state index in [1.54, 1.807) is 0 Å². The third-order valence-corrected chi connectivity index (χ3v) is 2.33. The van der Waals surface area contributed by atoms with Crippen molar-refractivity contribution < 1.29 is 9.90 Å². The first kappa shape index (κ1) is 11.1. The number of nitrogens with zero attached hydrogens (tertiary/aromatic N) is 3. The van der Waals surface area contributed by atoms with Crippen molar-refractivity contribution in [2.24, 2.45) is 0 Å². The summed E-state index contributed by atoms with van der Waals surface area (Å²) >= 11 is 0. The summed E-state index contributed by atoms with van der Waals surface area (Å²) in [5.74, 6) is -0.747. The van der Waals surface area contributed by atoms with Gasteiger partial charge in [0.05, 0.1) is 11.4 Å². The van der Waals surface area contributed by atoms with Crippen molar-refractivity contribution in [1.29, 1.82) is 0 Å². The van der Waals surface area contributed by atoms with Crippen LogP contribution in [0.5, 0.6) is 0 Å². The fraction of sp³-hybridized carbons (Fsp3) is 0.182. The minimum absolute atomic E-state index is 0.0539. The third-order valence-electron chi connectivity index (χ3n) is 2.33. The third kappa shape index (κ3) is 1.96. The van der Waals surface area contributed by atoms with Crippen molar-refractivity contribution in [3.05, 3.63) is 35.3 Å². The fourth-order valence-corrected chi connectivity index (χ4v) is 1.59. The first-order chi connectivity index (χ1) is 7.99. The number of nitrogens with two attached hydrogens (primary N) is 1. The lowest BCUT2D eigenvalue weighted by Crippen LogP contribution is -2.10. The van der Waals surface area contributed by atoms with Gasteiger partial charge in [-0.15, -0.1) is 0 Å². The van der Waals surface area contributed by atoms with Crippen molar-refractivity contribution in [1.82, 2.24) is 14.8 Å². The van der Waals surface area contributed by atoms with Gasteiger partial charge in [-0.2, -0.15) is 5.10 Å². The highest BCUT2D eigenvalue weighted by Gasteiger charge is 2.12. The Labute approximate surface area is 97.7 Å². The summed E-state index contributed by atoms with van der Waals surface area (Å²) in [5.41, 5.74) is 7.79. The van der Waals surface area contributed by atoms with Crippen molar-refractivity contribution in [3.63, 3.8) is 0 Å². The van der Waals surface area contributed by atoms with Crippen molar-refractivity contribution in [2.75, 3.05) is 5.73 Å². The molecule has 0 saturated carbocycles. The molecule has 2 heterocycles. The van der Waals surface area contributed by atoms with Gasteiger partial charge in [0.1, 0.15) is 0 Å². The second-order valence-corrected chi connectivity index (χ2v) is 3.75. The molecule has 0 atom stereocenters. The molecule has 3 N–H and O–H groups in total. The van der Waals surface area contributed by atoms with E-state index in [1.807, 2.05) is 19.9 Å². The first-order valence-electron chi connectivity index (χ1n) is 5.02. The van der Waals surface area contributed by atoms with Crippen LogP contribution in [0.2, 0.25) is 0 Å². The Morgan fingerprint density at radius 2 is 2.12 bits per heavy atom. The molecule has 6 nitrogen and oxygen atoms in total. The summed E-state index contributed by atoms with van der Waals surface area (Å²) in [6.45, 7) is 3.70. The maximum atomic E-state index is 10.9. The Morgan fingerprint density at radius 3 is 2.65 bits per heavy atom. The van der Waals surface area contributed by atoms with E-state index in [-0.39, 0.29) is 5.69 Å². The van der Waals surface area contributed by atoms with Gasteiger partial charge in [-0.3, -0.25) is 0 Å². The molecule has 0 aromatic carbocycles. The van der Waals surface area contributed by atoms with Crippen LogP contribution >= 0.6 is 0 Å². The Bertz CT molecular complexity index is 589. The molecule has 0 unspecified atom stereocenters. The van der Waals surface area contributed by atoms with E-state index >= 15 is 0 Å². The fourth-order valence-electron chi connectivity index (χ4n) is 1.59. The molecular weight excluding hydrogens is 220 g/mol. The molecule has 0 spiro atoms. The minimum atomic E-state index is -1.09. The van der Waals surface area contributed by atoms with E-state index in [1.165, 1.54) is 16.8 Å². The number of anilines is 1. The molecule has 2 aromatic heterocycles. The Kier molecular flexibility index (Phi) is 2.55. The van der Waals surface area contributed by atoms with Gasteiger partial charge in [0.2, 0.25) is 0 Å². The molecule has 0 fully saturated rings. The van der Waals surface area contributed by atoms with Gasteiger partial charge in [0.15, 0.2) is 11.5 Å². The van der Waals surface area contributed by atoms with Crippen LogP contribution in [0.4, 0.5) is 5.69 Å². The van der Waals surface area contributed by atoms with Gasteiger partial charge in [0, 0.05) is 5.69 Å². The molecule has 0 radical (unpaired) electrons. The molecule has 0 aliphatic carbocycles. The number of hydrogen-bond donors (Lipinski definition) is 2. The first-order valence-corrected chi connectivity index (χ1v) is 5.02. The quantitative estimate of drug-likeness (QED) is 0.810. The lowest BCUT2D eigenvalue weighted by Gasteiger charge is -2.07. The number of carbonyl (C=O) groups is 1. The van der Waals surface area contributed by atoms with Crippen LogP contribution < -0.4 is 5.73 Å². The summed E-state index contributed by atoms with van der Waals surface area (Å²) in [7, 11) is 0.